The zero-order chi connectivity index (χ0) is 17.0. The first kappa shape index (κ1) is 16.7. The Morgan fingerprint density at radius 1 is 1.26 bits per heavy atom. The largest absolute Gasteiger partial charge is 0.404 e. The highest BCUT2D eigenvalue weighted by Crippen LogP contribution is 2.25. The van der Waals surface area contributed by atoms with Gasteiger partial charge in [0, 0.05) is 30.1 Å². The first-order valence-electron chi connectivity index (χ1n) is 6.53. The highest BCUT2D eigenvalue weighted by molar-refractivity contribution is 6.31. The lowest BCUT2D eigenvalue weighted by Gasteiger charge is -2.12. The van der Waals surface area contributed by atoms with Gasteiger partial charge in [-0.05, 0) is 24.3 Å². The molecule has 0 aliphatic carbocycles. The van der Waals surface area contributed by atoms with Crippen molar-refractivity contribution in [3.63, 3.8) is 0 Å². The van der Waals surface area contributed by atoms with Gasteiger partial charge in [-0.1, -0.05) is 11.6 Å². The Bertz CT molecular complexity index is 777. The molecule has 0 amide bonds. The minimum absolute atomic E-state index is 0.0279. The quantitative estimate of drug-likeness (QED) is 0.497. The normalized spacial score (nSPS) is 11.3. The van der Waals surface area contributed by atoms with Gasteiger partial charge in [0.2, 0.25) is 0 Å². The summed E-state index contributed by atoms with van der Waals surface area (Å²) in [5.74, 6) is -1.10. The monoisotopic (exact) mass is 337 g/mol. The number of pyridine rings is 1. The molecule has 0 aliphatic rings. The van der Waals surface area contributed by atoms with E-state index < -0.39 is 11.6 Å². The number of halogens is 3. The fraction of sp³-hybridized carbons (Fsp3) is 0.0667. The molecule has 0 spiro atoms. The van der Waals surface area contributed by atoms with Crippen LogP contribution in [0.4, 0.5) is 20.3 Å². The third-order valence-corrected chi connectivity index (χ3v) is 3.54. The van der Waals surface area contributed by atoms with E-state index in [0.717, 1.165) is 18.3 Å². The topological polar surface area (TPSA) is 101 Å². The van der Waals surface area contributed by atoms with Crippen LogP contribution < -0.4 is 16.8 Å². The van der Waals surface area contributed by atoms with E-state index in [1.807, 2.05) is 0 Å². The number of nitrogens with two attached hydrogens (primary N) is 2. The molecule has 1 aromatic carbocycles. The van der Waals surface area contributed by atoms with Gasteiger partial charge < -0.3 is 22.2 Å². The van der Waals surface area contributed by atoms with Crippen molar-refractivity contribution >= 4 is 34.9 Å². The molecule has 0 atom stereocenters. The fourth-order valence-electron chi connectivity index (χ4n) is 1.88. The van der Waals surface area contributed by atoms with E-state index in [1.165, 1.54) is 6.20 Å². The molecule has 6 N–H and O–H groups in total. The highest BCUT2D eigenvalue weighted by Gasteiger charge is 2.13. The van der Waals surface area contributed by atoms with Crippen molar-refractivity contribution in [3.05, 3.63) is 58.4 Å². The standard InChI is InChI=1S/C15H14ClF2N5/c16-14-9(10(17)1-2-11(14)18)7-22-15-12(21)3-4-13(23-15)8(5-19)6-20/h1-6,19H,7,20-21H2,(H,22,23)/b8-6+,19-5?. The molecule has 120 valence electrons. The van der Waals surface area contributed by atoms with Crippen molar-refractivity contribution in [2.45, 2.75) is 6.54 Å². The highest BCUT2D eigenvalue weighted by atomic mass is 35.5. The van der Waals surface area contributed by atoms with E-state index in [1.54, 1.807) is 12.1 Å². The molecule has 8 heteroatoms. The van der Waals surface area contributed by atoms with Crippen molar-refractivity contribution in [1.29, 1.82) is 5.41 Å². The maximum atomic E-state index is 13.8. The predicted molar refractivity (Wildman–Crippen MR) is 88.3 cm³/mol. The Labute approximate surface area is 136 Å². The first-order chi connectivity index (χ1) is 11.0. The molecule has 2 aromatic rings. The molecule has 23 heavy (non-hydrogen) atoms. The number of rotatable bonds is 5. The summed E-state index contributed by atoms with van der Waals surface area (Å²) in [7, 11) is 0. The van der Waals surface area contributed by atoms with Gasteiger partial charge in [-0.3, -0.25) is 0 Å². The molecule has 1 heterocycles. The number of hydrogen-bond donors (Lipinski definition) is 4. The number of nitrogen functional groups attached to an aromatic ring is 1. The molecule has 0 saturated carbocycles. The maximum Gasteiger partial charge on any atom is 0.150 e. The van der Waals surface area contributed by atoms with Gasteiger partial charge in [0.05, 0.1) is 16.4 Å². The number of anilines is 2. The van der Waals surface area contributed by atoms with Crippen LogP contribution >= 0.6 is 11.6 Å². The molecule has 0 fully saturated rings. The third-order valence-electron chi connectivity index (χ3n) is 3.13. The summed E-state index contributed by atoms with van der Waals surface area (Å²) in [4.78, 5) is 4.22. The zero-order valence-electron chi connectivity index (χ0n) is 11.9. The second-order valence-electron chi connectivity index (χ2n) is 4.58. The lowest BCUT2D eigenvalue weighted by molar-refractivity contribution is 0.588. The van der Waals surface area contributed by atoms with Crippen LogP contribution in [0.5, 0.6) is 0 Å². The van der Waals surface area contributed by atoms with Crippen molar-refractivity contribution in [2.75, 3.05) is 11.1 Å². The van der Waals surface area contributed by atoms with Crippen molar-refractivity contribution in [2.24, 2.45) is 5.73 Å². The summed E-state index contributed by atoms with van der Waals surface area (Å²) in [6, 6.07) is 5.12. The van der Waals surface area contributed by atoms with Gasteiger partial charge in [0.15, 0.2) is 0 Å². The van der Waals surface area contributed by atoms with Crippen molar-refractivity contribution in [3.8, 4) is 0 Å². The Balaban J connectivity index is 2.29. The average molecular weight is 338 g/mol. The van der Waals surface area contributed by atoms with Crippen molar-refractivity contribution in [1.82, 2.24) is 4.98 Å². The van der Waals surface area contributed by atoms with Crippen LogP contribution in [0.1, 0.15) is 11.3 Å². The van der Waals surface area contributed by atoms with Crippen LogP contribution in [-0.4, -0.2) is 11.2 Å². The van der Waals surface area contributed by atoms with E-state index in [-0.39, 0.29) is 22.9 Å². The Morgan fingerprint density at radius 2 is 1.96 bits per heavy atom. The smallest absolute Gasteiger partial charge is 0.150 e. The van der Waals surface area contributed by atoms with Gasteiger partial charge in [0.25, 0.3) is 0 Å². The second kappa shape index (κ2) is 7.06. The van der Waals surface area contributed by atoms with E-state index in [4.69, 9.17) is 28.5 Å². The minimum atomic E-state index is -0.711. The van der Waals surface area contributed by atoms with Crippen LogP contribution in [0.25, 0.3) is 5.57 Å². The van der Waals surface area contributed by atoms with Crippen LogP contribution in [0.15, 0.2) is 30.5 Å². The van der Waals surface area contributed by atoms with Crippen molar-refractivity contribution < 1.29 is 8.78 Å². The molecule has 1 aromatic heterocycles. The molecule has 2 rings (SSSR count). The summed E-state index contributed by atoms with van der Waals surface area (Å²) in [6.45, 7) is -0.102. The second-order valence-corrected chi connectivity index (χ2v) is 4.95. The molecular weight excluding hydrogens is 324 g/mol. The first-order valence-corrected chi connectivity index (χ1v) is 6.91. The van der Waals surface area contributed by atoms with Crippen LogP contribution in [0, 0.1) is 17.0 Å². The lowest BCUT2D eigenvalue weighted by atomic mass is 10.2. The molecule has 0 radical (unpaired) electrons. The van der Waals surface area contributed by atoms with E-state index in [2.05, 4.69) is 10.3 Å². The number of allylic oxidation sites excluding steroid dienone is 1. The summed E-state index contributed by atoms with van der Waals surface area (Å²) < 4.78 is 27.2. The Kier molecular flexibility index (Phi) is 5.13. The van der Waals surface area contributed by atoms with Crippen LogP contribution in [0.3, 0.4) is 0 Å². The summed E-state index contributed by atoms with van der Waals surface area (Å²) in [5, 5.41) is 9.78. The number of hydrogen-bond acceptors (Lipinski definition) is 5. The number of nitrogens with zero attached hydrogens (tertiary/aromatic N) is 1. The van der Waals surface area contributed by atoms with Gasteiger partial charge in [-0.25, -0.2) is 13.8 Å². The Hall–Kier alpha value is -2.67. The van der Waals surface area contributed by atoms with Gasteiger partial charge >= 0.3 is 0 Å². The third kappa shape index (κ3) is 3.57. The van der Waals surface area contributed by atoms with Gasteiger partial charge in [0.1, 0.15) is 17.5 Å². The SMILES string of the molecule is N=C/C(=C\N)c1ccc(N)c(NCc2c(F)ccc(F)c2Cl)n1. The number of aromatic nitrogens is 1. The number of benzene rings is 1. The predicted octanol–water partition coefficient (Wildman–Crippen LogP) is 3.16. The molecular formula is C15H14ClF2N5. The average Bonchev–Trinajstić information content (AvgIpc) is 2.54. The molecule has 0 saturated heterocycles. The lowest BCUT2D eigenvalue weighted by Crippen LogP contribution is -2.08. The van der Waals surface area contributed by atoms with E-state index in [9.17, 15) is 8.78 Å². The fourth-order valence-corrected chi connectivity index (χ4v) is 2.10. The maximum absolute atomic E-state index is 13.8. The van der Waals surface area contributed by atoms with Gasteiger partial charge in [-0.2, -0.15) is 0 Å². The number of nitrogens with one attached hydrogen (secondary N) is 2. The molecule has 0 bridgehead atoms. The minimum Gasteiger partial charge on any atom is -0.404 e. The Morgan fingerprint density at radius 3 is 2.61 bits per heavy atom. The zero-order valence-corrected chi connectivity index (χ0v) is 12.7. The summed E-state index contributed by atoms with van der Waals surface area (Å²) in [6.07, 6.45) is 2.28. The van der Waals surface area contributed by atoms with Crippen LogP contribution in [-0.2, 0) is 6.54 Å². The van der Waals surface area contributed by atoms with E-state index >= 15 is 0 Å². The van der Waals surface area contributed by atoms with E-state index in [0.29, 0.717) is 17.0 Å². The summed E-state index contributed by atoms with van der Waals surface area (Å²) >= 11 is 5.77. The summed E-state index contributed by atoms with van der Waals surface area (Å²) in [5.41, 5.74) is 12.3. The molecule has 0 unspecified atom stereocenters. The van der Waals surface area contributed by atoms with Crippen LogP contribution in [0.2, 0.25) is 5.02 Å². The molecule has 0 aliphatic heterocycles. The van der Waals surface area contributed by atoms with Gasteiger partial charge in [-0.15, -0.1) is 0 Å². The molecule has 5 nitrogen and oxygen atoms in total.